The van der Waals surface area contributed by atoms with Crippen LogP contribution in [-0.4, -0.2) is 25.7 Å². The first-order valence-corrected chi connectivity index (χ1v) is 6.98. The van der Waals surface area contributed by atoms with Crippen molar-refractivity contribution in [3.8, 4) is 0 Å². The predicted molar refractivity (Wildman–Crippen MR) is 79.4 cm³/mol. The highest BCUT2D eigenvalue weighted by Gasteiger charge is 2.26. The maximum Gasteiger partial charge on any atom is 0.390 e. The summed E-state index contributed by atoms with van der Waals surface area (Å²) in [6.45, 7) is 3.84. The number of halogens is 3. The first kappa shape index (κ1) is 17.3. The second-order valence-electron chi connectivity index (χ2n) is 4.83. The maximum atomic E-state index is 12.1. The minimum atomic E-state index is -4.16. The molecule has 0 heterocycles. The smallest absolute Gasteiger partial charge is 0.356 e. The molecule has 21 heavy (non-hydrogen) atoms. The van der Waals surface area contributed by atoms with Crippen LogP contribution >= 0.6 is 0 Å². The van der Waals surface area contributed by atoms with E-state index < -0.39 is 12.6 Å². The van der Waals surface area contributed by atoms with Crippen LogP contribution in [0.15, 0.2) is 29.3 Å². The summed E-state index contributed by atoms with van der Waals surface area (Å²) in [6, 6.07) is 8.09. The minimum Gasteiger partial charge on any atom is -0.356 e. The number of nitrogens with one attached hydrogen (secondary N) is 2. The summed E-state index contributed by atoms with van der Waals surface area (Å²) in [5.41, 5.74) is 2.31. The number of aliphatic imine (C=N–C) groups is 1. The van der Waals surface area contributed by atoms with Crippen molar-refractivity contribution < 1.29 is 13.2 Å². The molecule has 118 valence electrons. The van der Waals surface area contributed by atoms with Crippen LogP contribution in [0.3, 0.4) is 0 Å². The number of rotatable bonds is 5. The Hall–Kier alpha value is -1.72. The highest BCUT2D eigenvalue weighted by molar-refractivity contribution is 5.80. The van der Waals surface area contributed by atoms with E-state index in [1.54, 1.807) is 0 Å². The van der Waals surface area contributed by atoms with Crippen molar-refractivity contribution in [3.63, 3.8) is 0 Å². The van der Waals surface area contributed by atoms with E-state index >= 15 is 0 Å². The van der Waals surface area contributed by atoms with Crippen molar-refractivity contribution in [2.45, 2.75) is 38.9 Å². The van der Waals surface area contributed by atoms with E-state index in [2.05, 4.69) is 22.5 Å². The van der Waals surface area contributed by atoms with Crippen molar-refractivity contribution in [1.82, 2.24) is 10.6 Å². The number of guanidine groups is 1. The standard InChI is InChI=1S/C15H22F3N3/c1-4-12-5-7-13(8-6-12)11(2)21-14(19-3)20-10-9-15(16,17)18/h5-8,11H,4,9-10H2,1-3H3,(H2,19,20,21). The lowest BCUT2D eigenvalue weighted by Gasteiger charge is -2.19. The van der Waals surface area contributed by atoms with Gasteiger partial charge in [-0.3, -0.25) is 4.99 Å². The van der Waals surface area contributed by atoms with E-state index in [1.165, 1.54) is 12.6 Å². The van der Waals surface area contributed by atoms with Gasteiger partial charge in [0.2, 0.25) is 0 Å². The molecule has 1 aromatic rings. The molecule has 0 fully saturated rings. The van der Waals surface area contributed by atoms with Gasteiger partial charge in [0.05, 0.1) is 12.5 Å². The van der Waals surface area contributed by atoms with Crippen molar-refractivity contribution in [2.75, 3.05) is 13.6 Å². The topological polar surface area (TPSA) is 36.4 Å². The second kappa shape index (κ2) is 7.90. The van der Waals surface area contributed by atoms with Gasteiger partial charge in [-0.2, -0.15) is 13.2 Å². The van der Waals surface area contributed by atoms with Gasteiger partial charge in [-0.1, -0.05) is 31.2 Å². The number of alkyl halides is 3. The van der Waals surface area contributed by atoms with Gasteiger partial charge in [0, 0.05) is 13.6 Å². The van der Waals surface area contributed by atoms with Gasteiger partial charge in [0.1, 0.15) is 0 Å². The van der Waals surface area contributed by atoms with Crippen molar-refractivity contribution in [2.24, 2.45) is 4.99 Å². The molecule has 2 N–H and O–H groups in total. The largest absolute Gasteiger partial charge is 0.390 e. The summed E-state index contributed by atoms with van der Waals surface area (Å²) in [5.74, 6) is 0.367. The van der Waals surface area contributed by atoms with Crippen LogP contribution in [0.2, 0.25) is 0 Å². The Kier molecular flexibility index (Phi) is 6.52. The molecule has 0 saturated carbocycles. The number of aryl methyl sites for hydroxylation is 1. The minimum absolute atomic E-state index is 0.0343. The van der Waals surface area contributed by atoms with E-state index in [-0.39, 0.29) is 12.6 Å². The molecule has 1 rings (SSSR count). The van der Waals surface area contributed by atoms with Gasteiger partial charge in [-0.25, -0.2) is 0 Å². The molecule has 0 amide bonds. The van der Waals surface area contributed by atoms with E-state index in [9.17, 15) is 13.2 Å². The van der Waals surface area contributed by atoms with Crippen molar-refractivity contribution in [1.29, 1.82) is 0 Å². The zero-order valence-corrected chi connectivity index (χ0v) is 12.6. The summed E-state index contributed by atoms with van der Waals surface area (Å²) < 4.78 is 36.3. The van der Waals surface area contributed by atoms with Gasteiger partial charge < -0.3 is 10.6 Å². The Balaban J connectivity index is 2.52. The average molecular weight is 301 g/mol. The molecule has 0 spiro atoms. The van der Waals surface area contributed by atoms with E-state index in [1.807, 2.05) is 31.2 Å². The quantitative estimate of drug-likeness (QED) is 0.646. The van der Waals surface area contributed by atoms with Gasteiger partial charge in [0.15, 0.2) is 5.96 Å². The molecule has 0 aromatic heterocycles. The van der Waals surface area contributed by atoms with Gasteiger partial charge in [0.25, 0.3) is 0 Å². The fourth-order valence-corrected chi connectivity index (χ4v) is 1.85. The van der Waals surface area contributed by atoms with Gasteiger partial charge >= 0.3 is 6.18 Å². The number of hydrogen-bond donors (Lipinski definition) is 2. The first-order chi connectivity index (χ1) is 9.85. The fourth-order valence-electron chi connectivity index (χ4n) is 1.85. The summed E-state index contributed by atoms with van der Waals surface area (Å²) in [5, 5.41) is 5.75. The molecular formula is C15H22F3N3. The summed E-state index contributed by atoms with van der Waals surface area (Å²) >= 11 is 0. The summed E-state index contributed by atoms with van der Waals surface area (Å²) in [4.78, 5) is 3.93. The Bertz CT molecular complexity index is 452. The first-order valence-electron chi connectivity index (χ1n) is 6.98. The van der Waals surface area contributed by atoms with Crippen LogP contribution in [0, 0.1) is 0 Å². The highest BCUT2D eigenvalue weighted by atomic mass is 19.4. The fraction of sp³-hybridized carbons (Fsp3) is 0.533. The molecule has 0 radical (unpaired) electrons. The Morgan fingerprint density at radius 3 is 2.33 bits per heavy atom. The second-order valence-corrected chi connectivity index (χ2v) is 4.83. The molecule has 1 unspecified atom stereocenters. The summed E-state index contributed by atoms with van der Waals surface area (Å²) in [7, 11) is 1.54. The molecule has 0 aliphatic rings. The molecule has 1 aromatic carbocycles. The zero-order valence-electron chi connectivity index (χ0n) is 12.6. The Morgan fingerprint density at radius 2 is 1.86 bits per heavy atom. The lowest BCUT2D eigenvalue weighted by molar-refractivity contribution is -0.132. The number of nitrogens with zero attached hydrogens (tertiary/aromatic N) is 1. The third kappa shape index (κ3) is 6.51. The lowest BCUT2D eigenvalue weighted by atomic mass is 10.1. The van der Waals surface area contributed by atoms with Crippen molar-refractivity contribution in [3.05, 3.63) is 35.4 Å². The third-order valence-corrected chi connectivity index (χ3v) is 3.17. The van der Waals surface area contributed by atoms with E-state index in [4.69, 9.17) is 0 Å². The molecule has 0 bridgehead atoms. The van der Waals surface area contributed by atoms with Crippen LogP contribution < -0.4 is 10.6 Å². The monoisotopic (exact) mass is 301 g/mol. The Labute approximate surface area is 123 Å². The van der Waals surface area contributed by atoms with Crippen LogP contribution in [0.25, 0.3) is 0 Å². The number of benzene rings is 1. The zero-order chi connectivity index (χ0) is 15.9. The van der Waals surface area contributed by atoms with Gasteiger partial charge in [-0.15, -0.1) is 0 Å². The van der Waals surface area contributed by atoms with Crippen molar-refractivity contribution >= 4 is 5.96 Å². The van der Waals surface area contributed by atoms with Crippen LogP contribution in [0.1, 0.15) is 37.4 Å². The molecule has 3 nitrogen and oxygen atoms in total. The Morgan fingerprint density at radius 1 is 1.24 bits per heavy atom. The predicted octanol–water partition coefficient (Wildman–Crippen LogP) is 3.43. The van der Waals surface area contributed by atoms with Crippen LogP contribution in [0.4, 0.5) is 13.2 Å². The maximum absolute atomic E-state index is 12.1. The highest BCUT2D eigenvalue weighted by Crippen LogP contribution is 2.18. The SMILES string of the molecule is CCc1ccc(C(C)NC(=NC)NCCC(F)(F)F)cc1. The van der Waals surface area contributed by atoms with E-state index in [0.717, 1.165) is 12.0 Å². The molecule has 6 heteroatoms. The number of hydrogen-bond acceptors (Lipinski definition) is 1. The average Bonchev–Trinajstić information content (AvgIpc) is 2.44. The van der Waals surface area contributed by atoms with Gasteiger partial charge in [-0.05, 0) is 24.5 Å². The molecule has 0 aliphatic heterocycles. The molecular weight excluding hydrogens is 279 g/mol. The molecule has 1 atom stereocenters. The van der Waals surface area contributed by atoms with Crippen LogP contribution in [-0.2, 0) is 6.42 Å². The molecule has 0 aliphatic carbocycles. The normalized spacial score (nSPS) is 13.9. The third-order valence-electron chi connectivity index (χ3n) is 3.17. The summed E-state index contributed by atoms with van der Waals surface area (Å²) in [6.07, 6.45) is -4.07. The molecule has 0 saturated heterocycles. The van der Waals surface area contributed by atoms with E-state index in [0.29, 0.717) is 5.96 Å². The van der Waals surface area contributed by atoms with Crippen LogP contribution in [0.5, 0.6) is 0 Å². The lowest BCUT2D eigenvalue weighted by Crippen LogP contribution is -2.40.